The number of nitrogens with zero attached hydrogens (tertiary/aromatic N) is 7. The fourth-order valence-electron chi connectivity index (χ4n) is 3.02. The first-order chi connectivity index (χ1) is 14.1. The minimum atomic E-state index is -0.396. The van der Waals surface area contributed by atoms with Gasteiger partial charge in [0.1, 0.15) is 5.69 Å². The quantitative estimate of drug-likeness (QED) is 0.452. The molecule has 0 atom stereocenters. The van der Waals surface area contributed by atoms with E-state index < -0.39 is 5.56 Å². The first-order valence-corrected chi connectivity index (χ1v) is 9.46. The molecule has 4 heterocycles. The highest BCUT2D eigenvalue weighted by Gasteiger charge is 2.17. The Morgan fingerprint density at radius 2 is 2.00 bits per heavy atom. The van der Waals surface area contributed by atoms with E-state index in [0.29, 0.717) is 22.9 Å². The third-order valence-corrected chi connectivity index (χ3v) is 5.00. The number of hydrogen-bond acceptors (Lipinski definition) is 7. The molecule has 0 radical (unpaired) electrons. The maximum atomic E-state index is 12.2. The van der Waals surface area contributed by atoms with E-state index in [1.54, 1.807) is 33.6 Å². The predicted octanol–water partition coefficient (Wildman–Crippen LogP) is 2.94. The van der Waals surface area contributed by atoms with Crippen molar-refractivity contribution in [2.24, 2.45) is 7.05 Å². The molecule has 4 aromatic heterocycles. The van der Waals surface area contributed by atoms with Gasteiger partial charge in [0.05, 0.1) is 22.7 Å². The van der Waals surface area contributed by atoms with Gasteiger partial charge in [0.15, 0.2) is 11.5 Å². The molecular formula is C19H13BrN8O. The van der Waals surface area contributed by atoms with Gasteiger partial charge < -0.3 is 5.32 Å². The monoisotopic (exact) mass is 448 g/mol. The van der Waals surface area contributed by atoms with Crippen molar-refractivity contribution >= 4 is 44.1 Å². The lowest BCUT2D eigenvalue weighted by atomic mass is 10.2. The van der Waals surface area contributed by atoms with Crippen molar-refractivity contribution in [1.29, 1.82) is 0 Å². The molecule has 1 aromatic carbocycles. The van der Waals surface area contributed by atoms with Gasteiger partial charge >= 0.3 is 0 Å². The molecule has 29 heavy (non-hydrogen) atoms. The summed E-state index contributed by atoms with van der Waals surface area (Å²) in [6, 6.07) is 10.8. The van der Waals surface area contributed by atoms with Crippen LogP contribution in [-0.2, 0) is 7.05 Å². The summed E-state index contributed by atoms with van der Waals surface area (Å²) in [5, 5.41) is 12.7. The van der Waals surface area contributed by atoms with E-state index in [-0.39, 0.29) is 5.69 Å². The van der Waals surface area contributed by atoms with Gasteiger partial charge in [-0.3, -0.25) is 9.48 Å². The topological polar surface area (TPSA) is 103 Å². The van der Waals surface area contributed by atoms with Crippen molar-refractivity contribution in [1.82, 2.24) is 34.3 Å². The molecule has 5 aromatic rings. The summed E-state index contributed by atoms with van der Waals surface area (Å²) in [6.07, 6.45) is 4.98. The van der Waals surface area contributed by atoms with Crippen molar-refractivity contribution in [3.05, 3.63) is 69.8 Å². The van der Waals surface area contributed by atoms with E-state index >= 15 is 0 Å². The van der Waals surface area contributed by atoms with Crippen LogP contribution in [0.1, 0.15) is 0 Å². The maximum Gasteiger partial charge on any atom is 0.293 e. The molecule has 142 valence electrons. The fourth-order valence-corrected chi connectivity index (χ4v) is 3.55. The Morgan fingerprint density at radius 3 is 2.83 bits per heavy atom. The lowest BCUT2D eigenvalue weighted by Gasteiger charge is -2.08. The van der Waals surface area contributed by atoms with Crippen molar-refractivity contribution in [3.63, 3.8) is 0 Å². The number of halogens is 1. The molecule has 0 aliphatic heterocycles. The van der Waals surface area contributed by atoms with Crippen molar-refractivity contribution < 1.29 is 0 Å². The molecule has 5 rings (SSSR count). The van der Waals surface area contributed by atoms with Gasteiger partial charge in [-0.1, -0.05) is 12.1 Å². The van der Waals surface area contributed by atoms with Crippen LogP contribution < -0.4 is 10.9 Å². The van der Waals surface area contributed by atoms with Crippen molar-refractivity contribution in [3.8, 4) is 11.4 Å². The maximum absolute atomic E-state index is 12.2. The summed E-state index contributed by atoms with van der Waals surface area (Å²) in [5.74, 6) is 0.864. The largest absolute Gasteiger partial charge is 0.319 e. The average Bonchev–Trinajstić information content (AvgIpc) is 3.28. The molecular weight excluding hydrogens is 436 g/mol. The molecule has 9 nitrogen and oxygen atoms in total. The van der Waals surface area contributed by atoms with Crippen LogP contribution in [-0.4, -0.2) is 34.3 Å². The van der Waals surface area contributed by atoms with Crippen molar-refractivity contribution in [2.45, 2.75) is 0 Å². The molecule has 0 unspecified atom stereocenters. The number of fused-ring (bicyclic) bond motifs is 3. The lowest BCUT2D eigenvalue weighted by Crippen LogP contribution is -2.11. The van der Waals surface area contributed by atoms with E-state index in [1.807, 2.05) is 31.4 Å². The highest BCUT2D eigenvalue weighted by atomic mass is 79.9. The molecule has 0 aliphatic rings. The molecule has 0 bridgehead atoms. The van der Waals surface area contributed by atoms with Crippen LogP contribution in [0.4, 0.5) is 11.6 Å². The van der Waals surface area contributed by atoms with E-state index in [4.69, 9.17) is 4.98 Å². The second-order valence-electron chi connectivity index (χ2n) is 6.32. The van der Waals surface area contributed by atoms with Crippen molar-refractivity contribution in [2.75, 3.05) is 5.32 Å². The summed E-state index contributed by atoms with van der Waals surface area (Å²) in [5.41, 5.74) is 1.98. The minimum absolute atomic E-state index is 0.288. The zero-order valence-electron chi connectivity index (χ0n) is 15.1. The highest BCUT2D eigenvalue weighted by molar-refractivity contribution is 9.10. The van der Waals surface area contributed by atoms with Gasteiger partial charge in [-0.15, -0.1) is 5.10 Å². The average molecular weight is 449 g/mol. The lowest BCUT2D eigenvalue weighted by molar-refractivity contribution is 0.768. The van der Waals surface area contributed by atoms with Crippen LogP contribution in [0.15, 0.2) is 64.3 Å². The highest BCUT2D eigenvalue weighted by Crippen LogP contribution is 2.30. The summed E-state index contributed by atoms with van der Waals surface area (Å²) in [6.45, 7) is 0. The summed E-state index contributed by atoms with van der Waals surface area (Å²) in [7, 11) is 1.83. The van der Waals surface area contributed by atoms with Gasteiger partial charge in [0.2, 0.25) is 5.95 Å². The minimum Gasteiger partial charge on any atom is -0.319 e. The first kappa shape index (κ1) is 17.4. The van der Waals surface area contributed by atoms with Crippen LogP contribution in [0.5, 0.6) is 0 Å². The van der Waals surface area contributed by atoms with E-state index in [1.165, 1.54) is 6.20 Å². The molecule has 0 amide bonds. The molecule has 0 fully saturated rings. The first-order valence-electron chi connectivity index (χ1n) is 8.66. The van der Waals surface area contributed by atoms with Gasteiger partial charge in [-0.05, 0) is 40.2 Å². The zero-order chi connectivity index (χ0) is 20.0. The van der Waals surface area contributed by atoms with Crippen LogP contribution >= 0.6 is 15.9 Å². The fraction of sp³-hybridized carbons (Fsp3) is 0.0526. The van der Waals surface area contributed by atoms with Gasteiger partial charge in [0, 0.05) is 23.9 Å². The Hall–Kier alpha value is -3.66. The van der Waals surface area contributed by atoms with Crippen LogP contribution in [0.25, 0.3) is 27.9 Å². The molecule has 0 aliphatic carbocycles. The number of aromatic nitrogens is 7. The summed E-state index contributed by atoms with van der Waals surface area (Å²) in [4.78, 5) is 25.5. The third kappa shape index (κ3) is 3.03. The predicted molar refractivity (Wildman–Crippen MR) is 112 cm³/mol. The van der Waals surface area contributed by atoms with Crippen LogP contribution in [0, 0.1) is 0 Å². The number of anilines is 2. The Bertz CT molecular complexity index is 1440. The summed E-state index contributed by atoms with van der Waals surface area (Å²) >= 11 is 3.58. The van der Waals surface area contributed by atoms with Crippen LogP contribution in [0.3, 0.4) is 0 Å². The SMILES string of the molecule is Cn1cc(-c2nc3c4c(Br)cccc4nc(Nc4ccccnc4=O)n3n2)cn1. The molecule has 0 saturated heterocycles. The van der Waals surface area contributed by atoms with Crippen LogP contribution in [0.2, 0.25) is 0 Å². The smallest absolute Gasteiger partial charge is 0.293 e. The molecule has 1 N–H and O–H groups in total. The normalized spacial score (nSPS) is 11.2. The number of benzene rings is 1. The van der Waals surface area contributed by atoms with E-state index in [0.717, 1.165) is 15.4 Å². The Kier molecular flexibility index (Phi) is 4.06. The van der Waals surface area contributed by atoms with Gasteiger partial charge in [0.25, 0.3) is 5.56 Å². The second-order valence-corrected chi connectivity index (χ2v) is 7.17. The Labute approximate surface area is 172 Å². The van der Waals surface area contributed by atoms with E-state index in [2.05, 4.69) is 41.4 Å². The summed E-state index contributed by atoms with van der Waals surface area (Å²) < 4.78 is 4.12. The zero-order valence-corrected chi connectivity index (χ0v) is 16.7. The molecule has 10 heteroatoms. The number of nitrogens with one attached hydrogen (secondary N) is 1. The van der Waals surface area contributed by atoms with Gasteiger partial charge in [-0.25, -0.2) is 15.0 Å². The molecule has 0 spiro atoms. The number of aryl methyl sites for hydroxylation is 1. The molecule has 0 saturated carbocycles. The number of hydrogen-bond donors (Lipinski definition) is 1. The second kappa shape index (κ2) is 6.74. The number of rotatable bonds is 3. The Morgan fingerprint density at radius 1 is 1.10 bits per heavy atom. The van der Waals surface area contributed by atoms with Gasteiger partial charge in [-0.2, -0.15) is 9.61 Å². The third-order valence-electron chi connectivity index (χ3n) is 4.34. The Balaban J connectivity index is 1.79. The van der Waals surface area contributed by atoms with E-state index in [9.17, 15) is 4.79 Å². The standard InChI is InChI=1S/C19H13BrN8O/c1-27-10-11(9-22-27)16-25-17-15-12(20)5-4-7-13(15)23-19(28(17)26-16)24-14-6-2-3-8-21-18(14)29/h2-10H,1H3,(H,21,23,24,29).